The van der Waals surface area contributed by atoms with E-state index in [1.54, 1.807) is 13.0 Å². The Bertz CT molecular complexity index is 953. The molecule has 0 saturated carbocycles. The number of likely N-dealkylation sites (N-methyl/N-ethyl adjacent to an activating group) is 1. The van der Waals surface area contributed by atoms with Crippen molar-refractivity contribution >= 4 is 22.9 Å². The maximum absolute atomic E-state index is 11.2. The highest BCUT2D eigenvalue weighted by molar-refractivity contribution is 5.91. The highest BCUT2D eigenvalue weighted by atomic mass is 16.1. The van der Waals surface area contributed by atoms with Gasteiger partial charge in [0.2, 0.25) is 0 Å². The summed E-state index contributed by atoms with van der Waals surface area (Å²) in [7, 11) is 4.17. The molecule has 0 aliphatic carbocycles. The van der Waals surface area contributed by atoms with E-state index in [4.69, 9.17) is 4.98 Å². The number of imidazole rings is 1. The van der Waals surface area contributed by atoms with E-state index in [1.165, 1.54) is 0 Å². The molecule has 134 valence electrons. The molecular weight excluding hydrogens is 322 g/mol. The second-order valence-corrected chi connectivity index (χ2v) is 6.97. The minimum atomic E-state index is 0.0437. The first-order valence-electron chi connectivity index (χ1n) is 8.86. The van der Waals surface area contributed by atoms with Crippen molar-refractivity contribution in [1.82, 2.24) is 14.5 Å². The number of nitrogens with zero attached hydrogens (tertiary/aromatic N) is 3. The van der Waals surface area contributed by atoms with Crippen molar-refractivity contribution in [1.29, 1.82) is 0 Å². The second-order valence-electron chi connectivity index (χ2n) is 6.97. The van der Waals surface area contributed by atoms with Crippen LogP contribution in [-0.4, -0.2) is 40.9 Å². The Morgan fingerprint density at radius 3 is 2.69 bits per heavy atom. The lowest BCUT2D eigenvalue weighted by Crippen LogP contribution is -2.23. The summed E-state index contributed by atoms with van der Waals surface area (Å²) in [4.78, 5) is 18.3. The number of ketones is 1. The number of fused-ring (bicyclic) bond motifs is 1. The average Bonchev–Trinajstić information content (AvgIpc) is 2.99. The van der Waals surface area contributed by atoms with E-state index in [0.29, 0.717) is 0 Å². The first-order chi connectivity index (χ1) is 12.5. The van der Waals surface area contributed by atoms with Crippen molar-refractivity contribution in [2.45, 2.75) is 19.9 Å². The van der Waals surface area contributed by atoms with E-state index in [1.807, 2.05) is 24.3 Å². The number of rotatable bonds is 6. The number of benzene rings is 2. The molecular formula is C22H25N3O. The maximum Gasteiger partial charge on any atom is 0.152 e. The fourth-order valence-electron chi connectivity index (χ4n) is 3.30. The Labute approximate surface area is 154 Å². The van der Waals surface area contributed by atoms with Crippen molar-refractivity contribution in [3.05, 3.63) is 60.2 Å². The molecule has 0 N–H and O–H groups in total. The maximum atomic E-state index is 11.2. The number of carbonyl (C=O) groups is 1. The molecule has 1 unspecified atom stereocenters. The van der Waals surface area contributed by atoms with Gasteiger partial charge in [0.1, 0.15) is 5.82 Å². The minimum Gasteiger partial charge on any atom is -0.320 e. The van der Waals surface area contributed by atoms with Crippen molar-refractivity contribution in [3.63, 3.8) is 0 Å². The van der Waals surface area contributed by atoms with Crippen LogP contribution in [0.15, 0.2) is 54.6 Å². The van der Waals surface area contributed by atoms with Gasteiger partial charge in [-0.3, -0.25) is 4.79 Å². The largest absolute Gasteiger partial charge is 0.320 e. The van der Waals surface area contributed by atoms with Gasteiger partial charge in [0, 0.05) is 18.2 Å². The third kappa shape index (κ3) is 3.92. The predicted molar refractivity (Wildman–Crippen MR) is 108 cm³/mol. The molecule has 0 saturated heterocycles. The Morgan fingerprint density at radius 1 is 1.19 bits per heavy atom. The number of aromatic nitrogens is 2. The molecule has 0 spiro atoms. The molecule has 3 aromatic rings. The summed E-state index contributed by atoms with van der Waals surface area (Å²) in [5.41, 5.74) is 4.19. The zero-order valence-electron chi connectivity index (χ0n) is 15.8. The summed E-state index contributed by atoms with van der Waals surface area (Å²) in [6.07, 6.45) is 3.44. The molecule has 0 bridgehead atoms. The SMILES string of the molecule is CC(=O)/C=C/c1cccc(-c2nc3ccccc3n2C(C)CN(C)C)c1. The molecule has 4 heteroatoms. The van der Waals surface area contributed by atoms with Crippen LogP contribution in [0.2, 0.25) is 0 Å². The molecule has 0 amide bonds. The van der Waals surface area contributed by atoms with Crippen molar-refractivity contribution < 1.29 is 4.79 Å². The summed E-state index contributed by atoms with van der Waals surface area (Å²) in [6, 6.07) is 16.7. The molecule has 1 heterocycles. The number of para-hydroxylation sites is 2. The van der Waals surface area contributed by atoms with Gasteiger partial charge in [0.15, 0.2) is 5.78 Å². The van der Waals surface area contributed by atoms with Crippen LogP contribution >= 0.6 is 0 Å². The molecule has 2 aromatic carbocycles. The molecule has 0 radical (unpaired) electrons. The van der Waals surface area contributed by atoms with Gasteiger partial charge in [0.25, 0.3) is 0 Å². The summed E-state index contributed by atoms with van der Waals surface area (Å²) in [5.74, 6) is 1.00. The van der Waals surface area contributed by atoms with Gasteiger partial charge >= 0.3 is 0 Å². The van der Waals surface area contributed by atoms with Gasteiger partial charge in [-0.05, 0) is 57.8 Å². The van der Waals surface area contributed by atoms with Crippen LogP contribution < -0.4 is 0 Å². The quantitative estimate of drug-likeness (QED) is 0.619. The van der Waals surface area contributed by atoms with Gasteiger partial charge in [0.05, 0.1) is 11.0 Å². The van der Waals surface area contributed by atoms with Crippen LogP contribution in [0.1, 0.15) is 25.5 Å². The van der Waals surface area contributed by atoms with Gasteiger partial charge in [-0.1, -0.05) is 36.4 Å². The number of carbonyl (C=O) groups excluding carboxylic acids is 1. The third-order valence-electron chi connectivity index (χ3n) is 4.32. The van der Waals surface area contributed by atoms with Crippen molar-refractivity contribution in [2.75, 3.05) is 20.6 Å². The lowest BCUT2D eigenvalue weighted by molar-refractivity contribution is -0.112. The average molecular weight is 347 g/mol. The summed E-state index contributed by atoms with van der Waals surface area (Å²) in [6.45, 7) is 4.71. The molecule has 26 heavy (non-hydrogen) atoms. The Morgan fingerprint density at radius 2 is 1.96 bits per heavy atom. The molecule has 0 aliphatic heterocycles. The van der Waals surface area contributed by atoms with Gasteiger partial charge < -0.3 is 9.47 Å². The van der Waals surface area contributed by atoms with Gasteiger partial charge in [-0.2, -0.15) is 0 Å². The molecule has 1 aromatic heterocycles. The Hall–Kier alpha value is -2.72. The fraction of sp³-hybridized carbons (Fsp3) is 0.273. The van der Waals surface area contributed by atoms with E-state index >= 15 is 0 Å². The Kier molecular flexibility index (Phi) is 5.33. The fourth-order valence-corrected chi connectivity index (χ4v) is 3.30. The van der Waals surface area contributed by atoms with E-state index in [-0.39, 0.29) is 11.8 Å². The molecule has 0 fully saturated rings. The standard InChI is InChI=1S/C22H25N3O/c1-16(15-24(3)4)25-21-11-6-5-10-20(21)23-22(25)19-9-7-8-18(14-19)13-12-17(2)26/h5-14,16H,15H2,1-4H3/b13-12+. The predicted octanol–water partition coefficient (Wildman–Crippen LogP) is 4.43. The van der Waals surface area contributed by atoms with E-state index in [9.17, 15) is 4.79 Å². The minimum absolute atomic E-state index is 0.0437. The van der Waals surface area contributed by atoms with Gasteiger partial charge in [-0.15, -0.1) is 0 Å². The van der Waals surface area contributed by atoms with E-state index in [2.05, 4.69) is 60.8 Å². The molecule has 1 atom stereocenters. The normalized spacial score (nSPS) is 13.0. The molecule has 0 aliphatic rings. The zero-order valence-corrected chi connectivity index (χ0v) is 15.8. The highest BCUT2D eigenvalue weighted by Gasteiger charge is 2.17. The second kappa shape index (κ2) is 7.67. The topological polar surface area (TPSA) is 38.1 Å². The van der Waals surface area contributed by atoms with Crippen LogP contribution in [0.5, 0.6) is 0 Å². The number of hydrogen-bond donors (Lipinski definition) is 0. The van der Waals surface area contributed by atoms with Crippen LogP contribution in [-0.2, 0) is 4.79 Å². The van der Waals surface area contributed by atoms with Crippen LogP contribution in [0.3, 0.4) is 0 Å². The first-order valence-corrected chi connectivity index (χ1v) is 8.86. The smallest absolute Gasteiger partial charge is 0.152 e. The third-order valence-corrected chi connectivity index (χ3v) is 4.32. The van der Waals surface area contributed by atoms with Crippen LogP contribution in [0, 0.1) is 0 Å². The molecule has 3 rings (SSSR count). The first kappa shape index (κ1) is 18.1. The van der Waals surface area contributed by atoms with E-state index < -0.39 is 0 Å². The number of hydrogen-bond acceptors (Lipinski definition) is 3. The van der Waals surface area contributed by atoms with Crippen LogP contribution in [0.25, 0.3) is 28.5 Å². The Balaban J connectivity index is 2.12. The highest BCUT2D eigenvalue weighted by Crippen LogP contribution is 2.29. The van der Waals surface area contributed by atoms with Crippen molar-refractivity contribution in [3.8, 4) is 11.4 Å². The summed E-state index contributed by atoms with van der Waals surface area (Å²) >= 11 is 0. The summed E-state index contributed by atoms with van der Waals surface area (Å²) < 4.78 is 2.31. The van der Waals surface area contributed by atoms with Crippen molar-refractivity contribution in [2.24, 2.45) is 0 Å². The lowest BCUT2D eigenvalue weighted by atomic mass is 10.1. The zero-order chi connectivity index (χ0) is 18.7. The molecule has 4 nitrogen and oxygen atoms in total. The van der Waals surface area contributed by atoms with Gasteiger partial charge in [-0.25, -0.2) is 4.98 Å². The monoisotopic (exact) mass is 347 g/mol. The van der Waals surface area contributed by atoms with E-state index in [0.717, 1.165) is 34.5 Å². The number of allylic oxidation sites excluding steroid dienone is 1. The lowest BCUT2D eigenvalue weighted by Gasteiger charge is -2.21. The summed E-state index contributed by atoms with van der Waals surface area (Å²) in [5, 5.41) is 0. The van der Waals surface area contributed by atoms with Crippen LogP contribution in [0.4, 0.5) is 0 Å².